The van der Waals surface area contributed by atoms with Gasteiger partial charge in [-0.3, -0.25) is 0 Å². The highest BCUT2D eigenvalue weighted by atomic mass is 127. The monoisotopic (exact) mass is 403 g/mol. The van der Waals surface area contributed by atoms with E-state index in [2.05, 4.69) is 28.2 Å². The van der Waals surface area contributed by atoms with Gasteiger partial charge in [-0.15, -0.1) is 24.0 Å². The van der Waals surface area contributed by atoms with Crippen LogP contribution in [0.1, 0.15) is 25.3 Å². The summed E-state index contributed by atoms with van der Waals surface area (Å²) in [5.41, 5.74) is 1.16. The van der Waals surface area contributed by atoms with Crippen molar-refractivity contribution < 1.29 is 0 Å². The molecule has 2 rings (SSSR count). The third-order valence-electron chi connectivity index (χ3n) is 3.43. The van der Waals surface area contributed by atoms with Crippen LogP contribution in [0, 0.1) is 0 Å². The van der Waals surface area contributed by atoms with Gasteiger partial charge in [-0.1, -0.05) is 6.07 Å². The Labute approximate surface area is 144 Å². The molecule has 0 unspecified atom stereocenters. The number of anilines is 1. The maximum Gasteiger partial charge on any atom is 0.194 e. The molecule has 1 aromatic rings. The van der Waals surface area contributed by atoms with Crippen molar-refractivity contribution in [1.29, 1.82) is 0 Å². The molecule has 1 aliphatic rings. The highest BCUT2D eigenvalue weighted by Gasteiger charge is 2.15. The lowest BCUT2D eigenvalue weighted by molar-refractivity contribution is 0.493. The summed E-state index contributed by atoms with van der Waals surface area (Å²) in [4.78, 5) is 13.6. The molecule has 0 spiro atoms. The molecule has 1 aromatic heterocycles. The van der Waals surface area contributed by atoms with Crippen molar-refractivity contribution in [2.24, 2.45) is 4.99 Å². The molecule has 0 atom stereocenters. The second-order valence-corrected chi connectivity index (χ2v) is 5.24. The van der Waals surface area contributed by atoms with Crippen LogP contribution in [-0.4, -0.2) is 49.6 Å². The summed E-state index contributed by atoms with van der Waals surface area (Å²) < 4.78 is 0. The van der Waals surface area contributed by atoms with Gasteiger partial charge < -0.3 is 15.1 Å². The number of likely N-dealkylation sites (tertiary alicyclic amines) is 1. The fraction of sp³-hybridized carbons (Fsp3) is 0.600. The highest BCUT2D eigenvalue weighted by Crippen LogP contribution is 2.16. The zero-order chi connectivity index (χ0) is 14.4. The first-order valence-corrected chi connectivity index (χ1v) is 7.37. The van der Waals surface area contributed by atoms with Gasteiger partial charge in [0, 0.05) is 45.5 Å². The van der Waals surface area contributed by atoms with Gasteiger partial charge in [-0.25, -0.2) is 9.98 Å². The third kappa shape index (κ3) is 5.01. The molecule has 0 aromatic carbocycles. The zero-order valence-corrected chi connectivity index (χ0v) is 15.5. The lowest BCUT2D eigenvalue weighted by Crippen LogP contribution is -2.39. The zero-order valence-electron chi connectivity index (χ0n) is 13.2. The molecule has 6 heteroatoms. The number of halogens is 1. The van der Waals surface area contributed by atoms with Crippen molar-refractivity contribution in [3.8, 4) is 0 Å². The molecule has 1 aliphatic heterocycles. The number of aliphatic imine (C=N–C) groups is 1. The Bertz CT molecular complexity index is 455. The number of rotatable bonds is 4. The first-order chi connectivity index (χ1) is 9.72. The Hall–Kier alpha value is -1.05. The quantitative estimate of drug-likeness (QED) is 0.476. The minimum atomic E-state index is 0. The number of guanidine groups is 1. The van der Waals surface area contributed by atoms with Crippen molar-refractivity contribution in [3.63, 3.8) is 0 Å². The van der Waals surface area contributed by atoms with Gasteiger partial charge >= 0.3 is 0 Å². The SMILES string of the molecule is CCNC(=NCc1cccnc1N(C)C)N1CCCC1.I. The minimum Gasteiger partial charge on any atom is -0.362 e. The van der Waals surface area contributed by atoms with Crippen LogP contribution in [0.15, 0.2) is 23.3 Å². The van der Waals surface area contributed by atoms with E-state index in [1.54, 1.807) is 0 Å². The average Bonchev–Trinajstić information content (AvgIpc) is 2.97. The molecule has 0 saturated carbocycles. The smallest absolute Gasteiger partial charge is 0.194 e. The summed E-state index contributed by atoms with van der Waals surface area (Å²) in [6.45, 7) is 5.91. The van der Waals surface area contributed by atoms with Crippen LogP contribution in [0.2, 0.25) is 0 Å². The van der Waals surface area contributed by atoms with Crippen LogP contribution in [0.25, 0.3) is 0 Å². The lowest BCUT2D eigenvalue weighted by Gasteiger charge is -2.21. The average molecular weight is 403 g/mol. The fourth-order valence-electron chi connectivity index (χ4n) is 2.47. The maximum atomic E-state index is 4.77. The van der Waals surface area contributed by atoms with E-state index in [0.29, 0.717) is 6.54 Å². The molecule has 0 aliphatic carbocycles. The Morgan fingerprint density at radius 1 is 1.38 bits per heavy atom. The van der Waals surface area contributed by atoms with Crippen molar-refractivity contribution in [2.45, 2.75) is 26.3 Å². The van der Waals surface area contributed by atoms with E-state index in [-0.39, 0.29) is 24.0 Å². The molecule has 0 bridgehead atoms. The van der Waals surface area contributed by atoms with E-state index in [9.17, 15) is 0 Å². The third-order valence-corrected chi connectivity index (χ3v) is 3.43. The number of hydrogen-bond donors (Lipinski definition) is 1. The summed E-state index contributed by atoms with van der Waals surface area (Å²) in [5.74, 6) is 2.02. The summed E-state index contributed by atoms with van der Waals surface area (Å²) >= 11 is 0. The van der Waals surface area contributed by atoms with E-state index >= 15 is 0 Å². The summed E-state index contributed by atoms with van der Waals surface area (Å²) in [7, 11) is 4.03. The maximum absolute atomic E-state index is 4.77. The molecular formula is C15H26IN5. The van der Waals surface area contributed by atoms with Gasteiger partial charge in [0.1, 0.15) is 5.82 Å². The molecule has 5 nitrogen and oxygen atoms in total. The standard InChI is InChI=1S/C15H25N5.HI/c1-4-16-15(20-10-5-6-11-20)18-12-13-8-7-9-17-14(13)19(2)3;/h7-9H,4-6,10-12H2,1-3H3,(H,16,18);1H. The first kappa shape index (κ1) is 18.0. The largest absolute Gasteiger partial charge is 0.362 e. The summed E-state index contributed by atoms with van der Waals surface area (Å²) in [5, 5.41) is 3.39. The number of hydrogen-bond acceptors (Lipinski definition) is 3. The highest BCUT2D eigenvalue weighted by molar-refractivity contribution is 14.0. The number of aromatic nitrogens is 1. The molecule has 21 heavy (non-hydrogen) atoms. The van der Waals surface area contributed by atoms with Crippen molar-refractivity contribution >= 4 is 35.8 Å². The minimum absolute atomic E-state index is 0. The van der Waals surface area contributed by atoms with Gasteiger partial charge in [-0.2, -0.15) is 0 Å². The Kier molecular flexibility index (Phi) is 7.77. The van der Waals surface area contributed by atoms with Gasteiger partial charge in [0.25, 0.3) is 0 Å². The van der Waals surface area contributed by atoms with Gasteiger partial charge in [0.2, 0.25) is 0 Å². The summed E-state index contributed by atoms with van der Waals surface area (Å²) in [6.07, 6.45) is 4.36. The van der Waals surface area contributed by atoms with E-state index in [4.69, 9.17) is 4.99 Å². The Morgan fingerprint density at radius 3 is 2.71 bits per heavy atom. The lowest BCUT2D eigenvalue weighted by atomic mass is 10.2. The number of nitrogens with one attached hydrogen (secondary N) is 1. The molecule has 1 N–H and O–H groups in total. The van der Waals surface area contributed by atoms with E-state index in [1.165, 1.54) is 12.8 Å². The first-order valence-electron chi connectivity index (χ1n) is 7.37. The summed E-state index contributed by atoms with van der Waals surface area (Å²) in [6, 6.07) is 4.07. The molecule has 0 radical (unpaired) electrons. The predicted octanol–water partition coefficient (Wildman–Crippen LogP) is 2.33. The molecular weight excluding hydrogens is 377 g/mol. The van der Waals surface area contributed by atoms with Crippen LogP contribution < -0.4 is 10.2 Å². The predicted molar refractivity (Wildman–Crippen MR) is 99.6 cm³/mol. The van der Waals surface area contributed by atoms with Crippen LogP contribution >= 0.6 is 24.0 Å². The Morgan fingerprint density at radius 2 is 2.10 bits per heavy atom. The molecule has 1 fully saturated rings. The molecule has 0 amide bonds. The van der Waals surface area contributed by atoms with Gasteiger partial charge in [-0.05, 0) is 25.8 Å². The fourth-order valence-corrected chi connectivity index (χ4v) is 2.47. The van der Waals surface area contributed by atoms with Crippen LogP contribution in [0.4, 0.5) is 5.82 Å². The normalized spacial score (nSPS) is 14.8. The number of nitrogens with zero attached hydrogens (tertiary/aromatic N) is 4. The second kappa shape index (κ2) is 9.07. The topological polar surface area (TPSA) is 43.8 Å². The van der Waals surface area contributed by atoms with Crippen molar-refractivity contribution in [1.82, 2.24) is 15.2 Å². The van der Waals surface area contributed by atoms with Gasteiger partial charge in [0.05, 0.1) is 6.54 Å². The molecule has 2 heterocycles. The van der Waals surface area contributed by atoms with Crippen LogP contribution in [0.3, 0.4) is 0 Å². The van der Waals surface area contributed by atoms with Crippen LogP contribution in [-0.2, 0) is 6.54 Å². The van der Waals surface area contributed by atoms with Crippen molar-refractivity contribution in [2.75, 3.05) is 38.6 Å². The van der Waals surface area contributed by atoms with E-state index < -0.39 is 0 Å². The molecule has 1 saturated heterocycles. The van der Waals surface area contributed by atoms with E-state index in [1.807, 2.05) is 31.3 Å². The van der Waals surface area contributed by atoms with Crippen molar-refractivity contribution in [3.05, 3.63) is 23.9 Å². The molecule has 118 valence electrons. The van der Waals surface area contributed by atoms with E-state index in [0.717, 1.165) is 37.0 Å². The number of pyridine rings is 1. The van der Waals surface area contributed by atoms with Gasteiger partial charge in [0.15, 0.2) is 5.96 Å². The Balaban J connectivity index is 0.00000220. The second-order valence-electron chi connectivity index (χ2n) is 5.24. The van der Waals surface area contributed by atoms with Crippen LogP contribution in [0.5, 0.6) is 0 Å².